The SMILES string of the molecule is COc1cc(Br)c(CCN=C=O)cc1OC. The van der Waals surface area contributed by atoms with Crippen LogP contribution >= 0.6 is 15.9 Å². The smallest absolute Gasteiger partial charge is 0.234 e. The van der Waals surface area contributed by atoms with Crippen molar-refractivity contribution in [2.45, 2.75) is 6.42 Å². The van der Waals surface area contributed by atoms with Crippen LogP contribution in [0.1, 0.15) is 5.56 Å². The summed E-state index contributed by atoms with van der Waals surface area (Å²) in [6.07, 6.45) is 2.16. The number of aliphatic imine (C=N–C) groups is 1. The molecule has 0 saturated heterocycles. The number of benzene rings is 1. The molecule has 0 aliphatic carbocycles. The predicted molar refractivity (Wildman–Crippen MR) is 63.9 cm³/mol. The van der Waals surface area contributed by atoms with Gasteiger partial charge >= 0.3 is 0 Å². The van der Waals surface area contributed by atoms with Crippen LogP contribution in [-0.2, 0) is 11.2 Å². The number of nitrogens with zero attached hydrogens (tertiary/aromatic N) is 1. The van der Waals surface area contributed by atoms with Crippen LogP contribution < -0.4 is 9.47 Å². The highest BCUT2D eigenvalue weighted by molar-refractivity contribution is 9.10. The van der Waals surface area contributed by atoms with Crippen molar-refractivity contribution in [2.24, 2.45) is 4.99 Å². The highest BCUT2D eigenvalue weighted by atomic mass is 79.9. The Kier molecular flexibility index (Phi) is 5.02. The Morgan fingerprint density at radius 3 is 2.50 bits per heavy atom. The molecule has 0 radical (unpaired) electrons. The minimum atomic E-state index is 0.414. The van der Waals surface area contributed by atoms with Crippen molar-refractivity contribution < 1.29 is 14.3 Å². The molecule has 0 heterocycles. The highest BCUT2D eigenvalue weighted by Crippen LogP contribution is 2.33. The fourth-order valence-electron chi connectivity index (χ4n) is 1.31. The molecule has 0 bridgehead atoms. The average Bonchev–Trinajstić information content (AvgIpc) is 2.31. The first-order chi connectivity index (χ1) is 7.72. The first-order valence-corrected chi connectivity index (χ1v) is 5.46. The Morgan fingerprint density at radius 2 is 1.94 bits per heavy atom. The van der Waals surface area contributed by atoms with Gasteiger partial charge in [-0.3, -0.25) is 0 Å². The van der Waals surface area contributed by atoms with E-state index in [-0.39, 0.29) is 0 Å². The number of methoxy groups -OCH3 is 2. The van der Waals surface area contributed by atoms with Gasteiger partial charge in [-0.05, 0) is 24.1 Å². The van der Waals surface area contributed by atoms with Gasteiger partial charge < -0.3 is 9.47 Å². The molecule has 0 aliphatic heterocycles. The lowest BCUT2D eigenvalue weighted by atomic mass is 10.1. The lowest BCUT2D eigenvalue weighted by Gasteiger charge is -2.10. The average molecular weight is 286 g/mol. The number of rotatable bonds is 5. The summed E-state index contributed by atoms with van der Waals surface area (Å²) >= 11 is 3.43. The molecule has 16 heavy (non-hydrogen) atoms. The number of halogens is 1. The first-order valence-electron chi connectivity index (χ1n) is 4.67. The number of carbonyl (C=O) groups excluding carboxylic acids is 1. The molecule has 0 N–H and O–H groups in total. The molecule has 0 fully saturated rings. The third-order valence-electron chi connectivity index (χ3n) is 2.11. The molecule has 0 aromatic heterocycles. The van der Waals surface area contributed by atoms with Crippen LogP contribution in [0.15, 0.2) is 21.6 Å². The van der Waals surface area contributed by atoms with Crippen molar-refractivity contribution >= 4 is 22.0 Å². The molecule has 1 aromatic rings. The Bertz CT molecular complexity index is 414. The summed E-state index contributed by atoms with van der Waals surface area (Å²) in [5, 5.41) is 0. The summed E-state index contributed by atoms with van der Waals surface area (Å²) in [7, 11) is 3.17. The predicted octanol–water partition coefficient (Wildman–Crippen LogP) is 2.34. The zero-order valence-corrected chi connectivity index (χ0v) is 10.7. The summed E-state index contributed by atoms with van der Waals surface area (Å²) in [4.78, 5) is 13.5. The fraction of sp³-hybridized carbons (Fsp3) is 0.364. The van der Waals surface area contributed by atoms with E-state index in [1.54, 1.807) is 14.2 Å². The van der Waals surface area contributed by atoms with E-state index in [0.29, 0.717) is 24.5 Å². The molecule has 0 amide bonds. The molecule has 1 rings (SSSR count). The Labute approximate surface area is 102 Å². The maximum absolute atomic E-state index is 9.96. The topological polar surface area (TPSA) is 47.9 Å². The zero-order valence-electron chi connectivity index (χ0n) is 9.12. The third-order valence-corrected chi connectivity index (χ3v) is 2.85. The number of ether oxygens (including phenoxy) is 2. The van der Waals surface area contributed by atoms with Gasteiger partial charge in [0.25, 0.3) is 0 Å². The largest absolute Gasteiger partial charge is 0.493 e. The molecule has 0 aliphatic rings. The number of hydrogen-bond donors (Lipinski definition) is 0. The monoisotopic (exact) mass is 285 g/mol. The standard InChI is InChI=1S/C11H12BrNO3/c1-15-10-5-8(3-4-13-7-14)9(12)6-11(10)16-2/h5-6H,3-4H2,1-2H3. The van der Waals surface area contributed by atoms with Crippen molar-refractivity contribution in [1.82, 2.24) is 0 Å². The van der Waals surface area contributed by atoms with E-state index in [4.69, 9.17) is 9.47 Å². The minimum Gasteiger partial charge on any atom is -0.493 e. The molecular weight excluding hydrogens is 274 g/mol. The van der Waals surface area contributed by atoms with Crippen LogP contribution in [0.25, 0.3) is 0 Å². The van der Waals surface area contributed by atoms with Crippen LogP contribution in [0, 0.1) is 0 Å². The molecular formula is C11H12BrNO3. The Hall–Kier alpha value is -1.32. The van der Waals surface area contributed by atoms with Gasteiger partial charge in [-0.2, -0.15) is 0 Å². The van der Waals surface area contributed by atoms with Gasteiger partial charge in [-0.25, -0.2) is 9.79 Å². The van der Waals surface area contributed by atoms with Crippen LogP contribution in [0.3, 0.4) is 0 Å². The lowest BCUT2D eigenvalue weighted by molar-refractivity contribution is 0.354. The van der Waals surface area contributed by atoms with E-state index in [9.17, 15) is 4.79 Å². The second-order valence-electron chi connectivity index (χ2n) is 3.02. The highest BCUT2D eigenvalue weighted by Gasteiger charge is 2.08. The summed E-state index contributed by atoms with van der Waals surface area (Å²) in [6, 6.07) is 3.70. The van der Waals surface area contributed by atoms with Crippen molar-refractivity contribution in [3.63, 3.8) is 0 Å². The van der Waals surface area contributed by atoms with Gasteiger partial charge in [0.1, 0.15) is 0 Å². The van der Waals surface area contributed by atoms with E-state index in [2.05, 4.69) is 20.9 Å². The Balaban J connectivity index is 2.96. The van der Waals surface area contributed by atoms with Gasteiger partial charge in [0, 0.05) is 4.47 Å². The molecule has 5 heteroatoms. The van der Waals surface area contributed by atoms with E-state index in [1.165, 1.54) is 6.08 Å². The van der Waals surface area contributed by atoms with E-state index in [0.717, 1.165) is 10.0 Å². The maximum atomic E-state index is 9.96. The fourth-order valence-corrected chi connectivity index (χ4v) is 1.83. The van der Waals surface area contributed by atoms with Gasteiger partial charge in [0.2, 0.25) is 6.08 Å². The number of hydrogen-bond acceptors (Lipinski definition) is 4. The van der Waals surface area contributed by atoms with Crippen LogP contribution in [-0.4, -0.2) is 26.8 Å². The van der Waals surface area contributed by atoms with Crippen molar-refractivity contribution in [3.05, 3.63) is 22.2 Å². The van der Waals surface area contributed by atoms with Crippen LogP contribution in [0.2, 0.25) is 0 Å². The quantitative estimate of drug-likeness (QED) is 0.616. The normalized spacial score (nSPS) is 9.44. The maximum Gasteiger partial charge on any atom is 0.234 e. The first kappa shape index (κ1) is 12.7. The Morgan fingerprint density at radius 1 is 1.31 bits per heavy atom. The molecule has 4 nitrogen and oxygen atoms in total. The lowest BCUT2D eigenvalue weighted by Crippen LogP contribution is -1.96. The van der Waals surface area contributed by atoms with Gasteiger partial charge in [-0.1, -0.05) is 15.9 Å². The molecule has 0 atom stereocenters. The zero-order chi connectivity index (χ0) is 12.0. The molecule has 0 spiro atoms. The van der Waals surface area contributed by atoms with E-state index >= 15 is 0 Å². The van der Waals surface area contributed by atoms with Crippen molar-refractivity contribution in [3.8, 4) is 11.5 Å². The summed E-state index contributed by atoms with van der Waals surface area (Å²) < 4.78 is 11.2. The second-order valence-corrected chi connectivity index (χ2v) is 3.88. The molecule has 86 valence electrons. The van der Waals surface area contributed by atoms with Crippen LogP contribution in [0.4, 0.5) is 0 Å². The number of isocyanates is 1. The van der Waals surface area contributed by atoms with E-state index < -0.39 is 0 Å². The van der Waals surface area contributed by atoms with Gasteiger partial charge in [-0.15, -0.1) is 0 Å². The summed E-state index contributed by atoms with van der Waals surface area (Å²) in [5.74, 6) is 1.33. The molecule has 1 aromatic carbocycles. The van der Waals surface area contributed by atoms with Crippen molar-refractivity contribution in [2.75, 3.05) is 20.8 Å². The van der Waals surface area contributed by atoms with Crippen molar-refractivity contribution in [1.29, 1.82) is 0 Å². The summed E-state index contributed by atoms with van der Waals surface area (Å²) in [6.45, 7) is 0.414. The van der Waals surface area contributed by atoms with E-state index in [1.807, 2.05) is 12.1 Å². The van der Waals surface area contributed by atoms with Gasteiger partial charge in [0.05, 0.1) is 20.8 Å². The van der Waals surface area contributed by atoms with Crippen LogP contribution in [0.5, 0.6) is 11.5 Å². The molecule has 0 saturated carbocycles. The minimum absolute atomic E-state index is 0.414. The summed E-state index contributed by atoms with van der Waals surface area (Å²) in [5.41, 5.74) is 1.01. The van der Waals surface area contributed by atoms with Gasteiger partial charge in [0.15, 0.2) is 11.5 Å². The second kappa shape index (κ2) is 6.30. The third kappa shape index (κ3) is 3.08. The molecule has 0 unspecified atom stereocenters.